The number of amides is 1. The van der Waals surface area contributed by atoms with Crippen molar-refractivity contribution in [2.24, 2.45) is 5.92 Å². The van der Waals surface area contributed by atoms with Crippen LogP contribution in [0.3, 0.4) is 0 Å². The first-order valence-electron chi connectivity index (χ1n) is 11.1. The maximum Gasteiger partial charge on any atom is 0.243 e. The summed E-state index contributed by atoms with van der Waals surface area (Å²) >= 11 is 0. The first-order valence-corrected chi connectivity index (χ1v) is 12.5. The number of rotatable bonds is 6. The molecule has 2 unspecified atom stereocenters. The van der Waals surface area contributed by atoms with Crippen LogP contribution in [-0.2, 0) is 14.8 Å². The normalized spacial score (nSPS) is 22.3. The molecule has 9 heteroatoms. The molecule has 178 valence electrons. The van der Waals surface area contributed by atoms with Gasteiger partial charge in [-0.3, -0.25) is 4.79 Å². The van der Waals surface area contributed by atoms with Gasteiger partial charge in [-0.1, -0.05) is 18.2 Å². The van der Waals surface area contributed by atoms with E-state index in [1.165, 1.54) is 4.31 Å². The summed E-state index contributed by atoms with van der Waals surface area (Å²) in [4.78, 5) is 18.0. The summed E-state index contributed by atoms with van der Waals surface area (Å²) in [6.45, 7) is 3.21. The summed E-state index contributed by atoms with van der Waals surface area (Å²) in [6.07, 6.45) is 0. The number of ether oxygens (including phenoxy) is 2. The summed E-state index contributed by atoms with van der Waals surface area (Å²) in [5, 5.41) is 0. The van der Waals surface area contributed by atoms with E-state index in [4.69, 9.17) is 9.47 Å². The summed E-state index contributed by atoms with van der Waals surface area (Å²) < 4.78 is 39.3. The van der Waals surface area contributed by atoms with Crippen molar-refractivity contribution in [1.82, 2.24) is 14.1 Å². The smallest absolute Gasteiger partial charge is 0.243 e. The van der Waals surface area contributed by atoms with Crippen LogP contribution in [0.4, 0.5) is 0 Å². The number of likely N-dealkylation sites (N-methyl/N-ethyl adjacent to an activating group) is 1. The van der Waals surface area contributed by atoms with Crippen molar-refractivity contribution in [3.8, 4) is 11.5 Å². The quantitative estimate of drug-likeness (QED) is 0.638. The molecule has 2 heterocycles. The minimum Gasteiger partial charge on any atom is -0.497 e. The molecule has 2 atom stereocenters. The fraction of sp³-hybridized carbons (Fsp3) is 0.458. The molecular weight excluding hydrogens is 442 g/mol. The molecule has 1 amide bonds. The van der Waals surface area contributed by atoms with Crippen LogP contribution in [0.2, 0.25) is 0 Å². The Morgan fingerprint density at radius 3 is 2.27 bits per heavy atom. The third-order valence-corrected chi connectivity index (χ3v) is 8.48. The fourth-order valence-electron chi connectivity index (χ4n) is 4.66. The fourth-order valence-corrected chi connectivity index (χ4v) is 6.17. The Kier molecular flexibility index (Phi) is 6.92. The van der Waals surface area contributed by atoms with E-state index in [0.29, 0.717) is 24.6 Å². The van der Waals surface area contributed by atoms with Crippen molar-refractivity contribution in [2.75, 3.05) is 60.5 Å². The van der Waals surface area contributed by atoms with Crippen LogP contribution in [-0.4, -0.2) is 89.0 Å². The topological polar surface area (TPSA) is 79.4 Å². The van der Waals surface area contributed by atoms with Crippen LogP contribution < -0.4 is 9.47 Å². The van der Waals surface area contributed by atoms with E-state index in [1.807, 2.05) is 18.0 Å². The summed E-state index contributed by atoms with van der Waals surface area (Å²) in [5.74, 6) is 0.397. The molecular formula is C24H31N3O5S. The Labute approximate surface area is 195 Å². The van der Waals surface area contributed by atoms with Gasteiger partial charge in [0.1, 0.15) is 11.5 Å². The molecule has 0 N–H and O–H groups in total. The number of nitrogens with zero attached hydrogens (tertiary/aromatic N) is 3. The van der Waals surface area contributed by atoms with Crippen molar-refractivity contribution in [2.45, 2.75) is 10.8 Å². The zero-order valence-electron chi connectivity index (χ0n) is 19.3. The van der Waals surface area contributed by atoms with Crippen molar-refractivity contribution >= 4 is 15.9 Å². The van der Waals surface area contributed by atoms with Crippen LogP contribution >= 0.6 is 0 Å². The maximum atomic E-state index is 13.7. The van der Waals surface area contributed by atoms with Crippen molar-refractivity contribution in [3.05, 3.63) is 54.1 Å². The van der Waals surface area contributed by atoms with E-state index in [2.05, 4.69) is 4.90 Å². The van der Waals surface area contributed by atoms with Gasteiger partial charge >= 0.3 is 0 Å². The number of carbonyl (C=O) groups is 1. The van der Waals surface area contributed by atoms with Gasteiger partial charge < -0.3 is 19.3 Å². The molecule has 2 fully saturated rings. The van der Waals surface area contributed by atoms with Gasteiger partial charge in [0.05, 0.1) is 25.0 Å². The van der Waals surface area contributed by atoms with Gasteiger partial charge in [0.2, 0.25) is 15.9 Å². The predicted octanol–water partition coefficient (Wildman–Crippen LogP) is 1.88. The maximum absolute atomic E-state index is 13.7. The minimum absolute atomic E-state index is 0.0104. The first-order chi connectivity index (χ1) is 15.8. The molecule has 2 aromatic carbocycles. The van der Waals surface area contributed by atoms with E-state index in [0.717, 1.165) is 18.7 Å². The van der Waals surface area contributed by atoms with Gasteiger partial charge in [-0.2, -0.15) is 4.31 Å². The average molecular weight is 474 g/mol. The summed E-state index contributed by atoms with van der Waals surface area (Å²) in [6, 6.07) is 13.8. The molecule has 0 saturated carbocycles. The molecule has 33 heavy (non-hydrogen) atoms. The van der Waals surface area contributed by atoms with E-state index in [-0.39, 0.29) is 29.8 Å². The Bertz CT molecular complexity index is 1080. The third kappa shape index (κ3) is 4.71. The molecule has 2 saturated heterocycles. The second-order valence-corrected chi connectivity index (χ2v) is 10.5. The summed E-state index contributed by atoms with van der Waals surface area (Å²) in [5.41, 5.74) is 0.787. The minimum atomic E-state index is -3.74. The molecule has 0 aliphatic carbocycles. The zero-order valence-corrected chi connectivity index (χ0v) is 20.1. The van der Waals surface area contributed by atoms with Crippen LogP contribution in [0, 0.1) is 5.92 Å². The van der Waals surface area contributed by atoms with Gasteiger partial charge in [0.15, 0.2) is 0 Å². The number of hydrogen-bond acceptors (Lipinski definition) is 6. The Morgan fingerprint density at radius 2 is 1.64 bits per heavy atom. The third-order valence-electron chi connectivity index (χ3n) is 6.64. The van der Waals surface area contributed by atoms with Gasteiger partial charge in [-0.05, 0) is 37.4 Å². The lowest BCUT2D eigenvalue weighted by Crippen LogP contribution is -2.50. The molecule has 8 nitrogen and oxygen atoms in total. The highest BCUT2D eigenvalue weighted by Crippen LogP contribution is 2.41. The van der Waals surface area contributed by atoms with E-state index >= 15 is 0 Å². The van der Waals surface area contributed by atoms with Crippen LogP contribution in [0.1, 0.15) is 11.5 Å². The monoisotopic (exact) mass is 473 g/mol. The molecule has 0 bridgehead atoms. The van der Waals surface area contributed by atoms with Crippen LogP contribution in [0.25, 0.3) is 0 Å². The second kappa shape index (κ2) is 9.70. The number of benzene rings is 2. The van der Waals surface area contributed by atoms with Crippen LogP contribution in [0.15, 0.2) is 53.4 Å². The number of piperazine rings is 1. The van der Waals surface area contributed by atoms with E-state index in [1.54, 1.807) is 56.7 Å². The van der Waals surface area contributed by atoms with Gasteiger partial charge in [0, 0.05) is 50.7 Å². The average Bonchev–Trinajstić information content (AvgIpc) is 3.30. The lowest BCUT2D eigenvalue weighted by Gasteiger charge is -2.35. The lowest BCUT2D eigenvalue weighted by atomic mass is 9.87. The number of hydrogen-bond donors (Lipinski definition) is 0. The molecule has 0 radical (unpaired) electrons. The number of carbonyl (C=O) groups excluding carboxylic acids is 1. The predicted molar refractivity (Wildman–Crippen MR) is 125 cm³/mol. The molecule has 0 aromatic heterocycles. The van der Waals surface area contributed by atoms with Crippen molar-refractivity contribution < 1.29 is 22.7 Å². The molecule has 2 aliphatic heterocycles. The van der Waals surface area contributed by atoms with Gasteiger partial charge in [0.25, 0.3) is 0 Å². The molecule has 2 aromatic rings. The van der Waals surface area contributed by atoms with Crippen molar-refractivity contribution in [1.29, 1.82) is 0 Å². The largest absolute Gasteiger partial charge is 0.497 e. The Balaban J connectivity index is 1.71. The molecule has 0 spiro atoms. The second-order valence-electron chi connectivity index (χ2n) is 8.58. The van der Waals surface area contributed by atoms with E-state index < -0.39 is 15.9 Å². The highest BCUT2D eigenvalue weighted by atomic mass is 32.2. The standard InChI is InChI=1S/C24H31N3O5S/c1-25-11-13-26(14-12-25)24(28)22-17-27(33(29,30)19-7-5-4-6-8-19)16-21(22)20-15-18(31-2)9-10-23(20)32-3/h4-10,15,21-22H,11-14,16-17H2,1-3H3. The SMILES string of the molecule is COc1ccc(OC)c(C2CN(S(=O)(=O)c3ccccc3)CC2C(=O)N2CCN(C)CC2)c1. The highest BCUT2D eigenvalue weighted by molar-refractivity contribution is 7.89. The van der Waals surface area contributed by atoms with Crippen molar-refractivity contribution in [3.63, 3.8) is 0 Å². The van der Waals surface area contributed by atoms with Crippen LogP contribution in [0.5, 0.6) is 11.5 Å². The van der Waals surface area contributed by atoms with Gasteiger partial charge in [-0.15, -0.1) is 0 Å². The molecule has 4 rings (SSSR count). The van der Waals surface area contributed by atoms with E-state index in [9.17, 15) is 13.2 Å². The highest BCUT2D eigenvalue weighted by Gasteiger charge is 2.46. The zero-order chi connectivity index (χ0) is 23.6. The van der Waals surface area contributed by atoms with Gasteiger partial charge in [-0.25, -0.2) is 8.42 Å². The Morgan fingerprint density at radius 1 is 0.939 bits per heavy atom. The molecule has 2 aliphatic rings. The lowest BCUT2D eigenvalue weighted by molar-refractivity contribution is -0.137. The number of methoxy groups -OCH3 is 2. The summed E-state index contributed by atoms with van der Waals surface area (Å²) in [7, 11) is 1.46. The first kappa shape index (κ1) is 23.5. The Hall–Kier alpha value is -2.62. The number of sulfonamides is 1.